The van der Waals surface area contributed by atoms with Crippen LogP contribution >= 0.6 is 0 Å². The van der Waals surface area contributed by atoms with Gasteiger partial charge in [-0.15, -0.1) is 0 Å². The summed E-state index contributed by atoms with van der Waals surface area (Å²) in [7, 11) is 1.23. The summed E-state index contributed by atoms with van der Waals surface area (Å²) in [5.41, 5.74) is 0.313. The van der Waals surface area contributed by atoms with Gasteiger partial charge in [-0.05, 0) is 31.0 Å². The smallest absolute Gasteiger partial charge is 0.344 e. The fourth-order valence-corrected chi connectivity index (χ4v) is 1.77. The first kappa shape index (κ1) is 16.7. The van der Waals surface area contributed by atoms with E-state index >= 15 is 0 Å². The normalized spacial score (nSPS) is 11.5. The highest BCUT2D eigenvalue weighted by molar-refractivity contribution is 5.92. The lowest BCUT2D eigenvalue weighted by Crippen LogP contribution is -2.27. The van der Waals surface area contributed by atoms with E-state index in [0.29, 0.717) is 19.1 Å². The van der Waals surface area contributed by atoms with Crippen LogP contribution in [0.15, 0.2) is 18.2 Å². The lowest BCUT2D eigenvalue weighted by atomic mass is 10.1. The minimum Gasteiger partial charge on any atom is -0.479 e. The summed E-state index contributed by atoms with van der Waals surface area (Å²) in [4.78, 5) is 33.6. The summed E-state index contributed by atoms with van der Waals surface area (Å²) in [5, 5.41) is 9.12. The molecule has 0 spiro atoms. The summed E-state index contributed by atoms with van der Waals surface area (Å²) in [6.45, 7) is 1.95. The Labute approximate surface area is 122 Å². The zero-order valence-corrected chi connectivity index (χ0v) is 12.0. The van der Waals surface area contributed by atoms with Gasteiger partial charge in [0.2, 0.25) is 0 Å². The fraction of sp³-hybridized carbons (Fsp3) is 0.400. The Morgan fingerprint density at radius 3 is 2.62 bits per heavy atom. The van der Waals surface area contributed by atoms with Crippen molar-refractivity contribution < 1.29 is 29.0 Å². The molecule has 0 bridgehead atoms. The first-order valence-corrected chi connectivity index (χ1v) is 6.60. The number of aldehydes is 1. The van der Waals surface area contributed by atoms with Gasteiger partial charge in [0.1, 0.15) is 5.75 Å². The number of methoxy groups -OCH3 is 1. The number of carboxylic acids is 1. The maximum absolute atomic E-state index is 11.4. The predicted octanol–water partition coefficient (Wildman–Crippen LogP) is 2.31. The third kappa shape index (κ3) is 4.59. The molecule has 0 amide bonds. The minimum atomic E-state index is -1.09. The summed E-state index contributed by atoms with van der Waals surface area (Å²) < 4.78 is 9.94. The highest BCUT2D eigenvalue weighted by atomic mass is 16.5. The molecule has 0 aliphatic carbocycles. The van der Waals surface area contributed by atoms with E-state index in [9.17, 15) is 14.4 Å². The second-order valence-electron chi connectivity index (χ2n) is 4.45. The zero-order chi connectivity index (χ0) is 15.8. The van der Waals surface area contributed by atoms with Crippen molar-refractivity contribution in [3.8, 4) is 5.75 Å². The summed E-state index contributed by atoms with van der Waals surface area (Å²) in [6, 6.07) is 4.14. The van der Waals surface area contributed by atoms with Crippen LogP contribution in [0.3, 0.4) is 0 Å². The lowest BCUT2D eigenvalue weighted by molar-refractivity contribution is -0.145. The molecule has 0 saturated heterocycles. The molecule has 6 nitrogen and oxygen atoms in total. The monoisotopic (exact) mass is 294 g/mol. The summed E-state index contributed by atoms with van der Waals surface area (Å²) in [6.07, 6.45) is 1.39. The third-order valence-electron chi connectivity index (χ3n) is 2.92. The Morgan fingerprint density at radius 2 is 2.10 bits per heavy atom. The first-order valence-electron chi connectivity index (χ1n) is 6.60. The number of aliphatic carboxylic acids is 1. The van der Waals surface area contributed by atoms with Gasteiger partial charge in [-0.2, -0.15) is 0 Å². The van der Waals surface area contributed by atoms with Gasteiger partial charge in [-0.25, -0.2) is 9.59 Å². The van der Waals surface area contributed by atoms with Gasteiger partial charge in [0, 0.05) is 0 Å². The number of carbonyl (C=O) groups is 3. The molecule has 0 saturated carbocycles. The van der Waals surface area contributed by atoms with E-state index in [2.05, 4.69) is 4.74 Å². The van der Waals surface area contributed by atoms with E-state index in [-0.39, 0.29) is 16.9 Å². The van der Waals surface area contributed by atoms with E-state index in [4.69, 9.17) is 9.84 Å². The van der Waals surface area contributed by atoms with Gasteiger partial charge in [0.15, 0.2) is 12.4 Å². The van der Waals surface area contributed by atoms with Crippen molar-refractivity contribution in [1.82, 2.24) is 0 Å². The standard InChI is InChI=1S/C15H18O6/c1-3-4-5-13(14(17)18)21-12-7-6-10(15(19)20-2)8-11(12)9-16/h6-9,13H,3-5H2,1-2H3,(H,17,18). The molecule has 0 aliphatic rings. The van der Waals surface area contributed by atoms with Crippen molar-refractivity contribution in [2.24, 2.45) is 0 Å². The molecule has 114 valence electrons. The highest BCUT2D eigenvalue weighted by Crippen LogP contribution is 2.22. The van der Waals surface area contributed by atoms with Crippen molar-refractivity contribution in [3.05, 3.63) is 29.3 Å². The topological polar surface area (TPSA) is 89.9 Å². The summed E-state index contributed by atoms with van der Waals surface area (Å²) >= 11 is 0. The van der Waals surface area contributed by atoms with E-state index in [1.807, 2.05) is 6.92 Å². The third-order valence-corrected chi connectivity index (χ3v) is 2.92. The molecule has 1 aromatic carbocycles. The van der Waals surface area contributed by atoms with E-state index in [0.717, 1.165) is 6.42 Å². The number of ether oxygens (including phenoxy) is 2. The maximum Gasteiger partial charge on any atom is 0.344 e. The predicted molar refractivity (Wildman–Crippen MR) is 74.7 cm³/mol. The van der Waals surface area contributed by atoms with Gasteiger partial charge in [0.05, 0.1) is 18.2 Å². The number of esters is 1. The zero-order valence-electron chi connectivity index (χ0n) is 12.0. The molecule has 1 N–H and O–H groups in total. The van der Waals surface area contributed by atoms with Gasteiger partial charge in [-0.3, -0.25) is 4.79 Å². The number of carbonyl (C=O) groups excluding carboxylic acids is 2. The van der Waals surface area contributed by atoms with Gasteiger partial charge >= 0.3 is 11.9 Å². The highest BCUT2D eigenvalue weighted by Gasteiger charge is 2.20. The molecule has 1 rings (SSSR count). The molecule has 0 radical (unpaired) electrons. The fourth-order valence-electron chi connectivity index (χ4n) is 1.77. The number of benzene rings is 1. The van der Waals surface area contributed by atoms with Gasteiger partial charge in [-0.1, -0.05) is 13.3 Å². The van der Waals surface area contributed by atoms with Crippen LogP contribution in [0.5, 0.6) is 5.75 Å². The Morgan fingerprint density at radius 1 is 1.38 bits per heavy atom. The second-order valence-corrected chi connectivity index (χ2v) is 4.45. The van der Waals surface area contributed by atoms with Crippen LogP contribution in [-0.4, -0.2) is 36.5 Å². The Hall–Kier alpha value is -2.37. The van der Waals surface area contributed by atoms with E-state index < -0.39 is 18.0 Å². The first-order chi connectivity index (χ1) is 10.0. The van der Waals surface area contributed by atoms with E-state index in [1.165, 1.54) is 25.3 Å². The van der Waals surface area contributed by atoms with Crippen LogP contribution in [0.2, 0.25) is 0 Å². The molecule has 1 aromatic rings. The second kappa shape index (κ2) is 8.04. The van der Waals surface area contributed by atoms with Crippen LogP contribution in [0.4, 0.5) is 0 Å². The Bertz CT molecular complexity index is 523. The number of carboxylic acid groups (broad SMARTS) is 1. The average Bonchev–Trinajstić information content (AvgIpc) is 2.50. The van der Waals surface area contributed by atoms with Crippen molar-refractivity contribution >= 4 is 18.2 Å². The van der Waals surface area contributed by atoms with Crippen molar-refractivity contribution in [2.75, 3.05) is 7.11 Å². The van der Waals surface area contributed by atoms with Crippen LogP contribution in [0.25, 0.3) is 0 Å². The molecule has 0 heterocycles. The van der Waals surface area contributed by atoms with Gasteiger partial charge in [0.25, 0.3) is 0 Å². The number of rotatable bonds is 8. The van der Waals surface area contributed by atoms with Gasteiger partial charge < -0.3 is 14.6 Å². The minimum absolute atomic E-state index is 0.112. The number of unbranched alkanes of at least 4 members (excludes halogenated alkanes) is 1. The largest absolute Gasteiger partial charge is 0.479 e. The van der Waals surface area contributed by atoms with Crippen LogP contribution in [-0.2, 0) is 9.53 Å². The van der Waals surface area contributed by atoms with Crippen molar-refractivity contribution in [1.29, 1.82) is 0 Å². The SMILES string of the molecule is CCCCC(Oc1ccc(C(=O)OC)cc1C=O)C(=O)O. The van der Waals surface area contributed by atoms with Crippen molar-refractivity contribution in [2.45, 2.75) is 32.3 Å². The molecule has 0 fully saturated rings. The molecule has 1 unspecified atom stereocenters. The van der Waals surface area contributed by atoms with E-state index in [1.54, 1.807) is 0 Å². The summed E-state index contributed by atoms with van der Waals surface area (Å²) in [5.74, 6) is -1.52. The molecular weight excluding hydrogens is 276 g/mol. The molecular formula is C15H18O6. The number of hydrogen-bond donors (Lipinski definition) is 1. The van der Waals surface area contributed by atoms with Crippen LogP contribution in [0.1, 0.15) is 46.9 Å². The molecule has 1 atom stereocenters. The maximum atomic E-state index is 11.4. The Balaban J connectivity index is 2.98. The van der Waals surface area contributed by atoms with Crippen LogP contribution < -0.4 is 4.74 Å². The molecule has 0 aromatic heterocycles. The van der Waals surface area contributed by atoms with Crippen LogP contribution in [0, 0.1) is 0 Å². The van der Waals surface area contributed by atoms with Crippen molar-refractivity contribution in [3.63, 3.8) is 0 Å². The average molecular weight is 294 g/mol. The molecule has 21 heavy (non-hydrogen) atoms. The molecule has 0 aliphatic heterocycles. The molecule has 6 heteroatoms. The Kier molecular flexibility index (Phi) is 6.39. The lowest BCUT2D eigenvalue weighted by Gasteiger charge is -2.16. The quantitative estimate of drug-likeness (QED) is 0.584. The number of hydrogen-bond acceptors (Lipinski definition) is 5.